The van der Waals surface area contributed by atoms with E-state index in [1.54, 1.807) is 31.0 Å². The van der Waals surface area contributed by atoms with E-state index < -0.39 is 0 Å². The molecular formula is C19H20N4O3. The lowest BCUT2D eigenvalue weighted by Gasteiger charge is -2.10. The Morgan fingerprint density at radius 1 is 1.04 bits per heavy atom. The Morgan fingerprint density at radius 3 is 2.42 bits per heavy atom. The number of benzene rings is 2. The summed E-state index contributed by atoms with van der Waals surface area (Å²) >= 11 is 0. The molecule has 1 amide bonds. The van der Waals surface area contributed by atoms with Crippen molar-refractivity contribution in [3.8, 4) is 11.5 Å². The highest BCUT2D eigenvalue weighted by atomic mass is 16.5. The Labute approximate surface area is 151 Å². The molecule has 0 unspecified atom stereocenters. The van der Waals surface area contributed by atoms with E-state index >= 15 is 0 Å². The first-order chi connectivity index (χ1) is 12.6. The van der Waals surface area contributed by atoms with Gasteiger partial charge < -0.3 is 14.8 Å². The molecule has 3 rings (SSSR count). The highest BCUT2D eigenvalue weighted by Crippen LogP contribution is 2.24. The largest absolute Gasteiger partial charge is 0.496 e. The molecule has 0 fully saturated rings. The zero-order valence-electron chi connectivity index (χ0n) is 14.9. The van der Waals surface area contributed by atoms with Gasteiger partial charge in [0.05, 0.1) is 32.1 Å². The number of para-hydroxylation sites is 3. The van der Waals surface area contributed by atoms with E-state index in [1.807, 2.05) is 43.3 Å². The number of amides is 1. The number of methoxy groups -OCH3 is 2. The topological polar surface area (TPSA) is 78.3 Å². The number of aromatic nitrogens is 3. The molecule has 134 valence electrons. The van der Waals surface area contributed by atoms with Crippen molar-refractivity contribution >= 4 is 11.6 Å². The zero-order valence-corrected chi connectivity index (χ0v) is 14.9. The summed E-state index contributed by atoms with van der Waals surface area (Å²) in [6, 6.07) is 14.9. The van der Waals surface area contributed by atoms with Crippen molar-refractivity contribution in [3.05, 3.63) is 65.5 Å². The van der Waals surface area contributed by atoms with Crippen molar-refractivity contribution in [1.29, 1.82) is 0 Å². The molecule has 2 aromatic carbocycles. The fraction of sp³-hybridized carbons (Fsp3) is 0.211. The minimum Gasteiger partial charge on any atom is -0.496 e. The van der Waals surface area contributed by atoms with Crippen molar-refractivity contribution < 1.29 is 14.3 Å². The van der Waals surface area contributed by atoms with Gasteiger partial charge in [-0.25, -0.2) is 4.68 Å². The highest BCUT2D eigenvalue weighted by molar-refractivity contribution is 6.04. The van der Waals surface area contributed by atoms with Crippen LogP contribution in [0.3, 0.4) is 0 Å². The number of carbonyl (C=O) groups excluding carboxylic acids is 1. The van der Waals surface area contributed by atoms with Gasteiger partial charge in [-0.3, -0.25) is 4.79 Å². The first-order valence-corrected chi connectivity index (χ1v) is 8.10. The maximum absolute atomic E-state index is 12.6. The van der Waals surface area contributed by atoms with Crippen LogP contribution in [-0.4, -0.2) is 35.1 Å². The average molecular weight is 352 g/mol. The fourth-order valence-electron chi connectivity index (χ4n) is 2.64. The lowest BCUT2D eigenvalue weighted by molar-refractivity contribution is 0.102. The van der Waals surface area contributed by atoms with Crippen molar-refractivity contribution in [1.82, 2.24) is 15.0 Å². The van der Waals surface area contributed by atoms with Crippen LogP contribution in [0, 0.1) is 6.92 Å². The van der Waals surface area contributed by atoms with Gasteiger partial charge in [0, 0.05) is 5.56 Å². The molecule has 26 heavy (non-hydrogen) atoms. The molecule has 3 aromatic rings. The van der Waals surface area contributed by atoms with Crippen LogP contribution in [0.4, 0.5) is 5.69 Å². The minimum absolute atomic E-state index is 0.269. The van der Waals surface area contributed by atoms with E-state index in [2.05, 4.69) is 15.6 Å². The van der Waals surface area contributed by atoms with Crippen LogP contribution in [0.2, 0.25) is 0 Å². The third-order valence-electron chi connectivity index (χ3n) is 4.07. The molecule has 0 spiro atoms. The summed E-state index contributed by atoms with van der Waals surface area (Å²) < 4.78 is 12.3. The molecule has 0 radical (unpaired) electrons. The van der Waals surface area contributed by atoms with Crippen LogP contribution >= 0.6 is 0 Å². The molecule has 0 bridgehead atoms. The summed E-state index contributed by atoms with van der Waals surface area (Å²) in [5.41, 5.74) is 2.48. The monoisotopic (exact) mass is 352 g/mol. The van der Waals surface area contributed by atoms with Crippen molar-refractivity contribution in [2.75, 3.05) is 19.5 Å². The third kappa shape index (κ3) is 3.51. The van der Waals surface area contributed by atoms with E-state index in [4.69, 9.17) is 9.47 Å². The number of nitrogens with one attached hydrogen (secondary N) is 1. The Balaban J connectivity index is 1.81. The number of carbonyl (C=O) groups is 1. The van der Waals surface area contributed by atoms with E-state index in [0.29, 0.717) is 23.7 Å². The van der Waals surface area contributed by atoms with Gasteiger partial charge in [-0.05, 0) is 25.1 Å². The summed E-state index contributed by atoms with van der Waals surface area (Å²) in [7, 11) is 3.18. The van der Waals surface area contributed by atoms with Crippen LogP contribution in [-0.2, 0) is 6.54 Å². The van der Waals surface area contributed by atoms with Gasteiger partial charge in [-0.2, -0.15) is 0 Å². The molecule has 7 nitrogen and oxygen atoms in total. The maximum Gasteiger partial charge on any atom is 0.278 e. The van der Waals surface area contributed by atoms with Gasteiger partial charge in [-0.1, -0.05) is 35.5 Å². The predicted molar refractivity (Wildman–Crippen MR) is 97.8 cm³/mol. The fourth-order valence-corrected chi connectivity index (χ4v) is 2.64. The number of rotatable bonds is 6. The first kappa shape index (κ1) is 17.5. The second kappa shape index (κ2) is 7.69. The van der Waals surface area contributed by atoms with Gasteiger partial charge in [0.15, 0.2) is 5.69 Å². The minimum atomic E-state index is -0.335. The summed E-state index contributed by atoms with van der Waals surface area (Å²) in [6.45, 7) is 2.28. The lowest BCUT2D eigenvalue weighted by atomic mass is 10.2. The molecule has 0 saturated heterocycles. The van der Waals surface area contributed by atoms with E-state index in [-0.39, 0.29) is 11.6 Å². The third-order valence-corrected chi connectivity index (χ3v) is 4.07. The Kier molecular flexibility index (Phi) is 5.17. The molecule has 0 saturated carbocycles. The molecule has 1 aromatic heterocycles. The molecular weight excluding hydrogens is 332 g/mol. The van der Waals surface area contributed by atoms with Gasteiger partial charge in [0.25, 0.3) is 5.91 Å². The molecule has 0 aliphatic rings. The molecule has 0 atom stereocenters. The zero-order chi connectivity index (χ0) is 18.5. The van der Waals surface area contributed by atoms with E-state index in [9.17, 15) is 4.79 Å². The smallest absolute Gasteiger partial charge is 0.278 e. The van der Waals surface area contributed by atoms with Gasteiger partial charge in [0.1, 0.15) is 11.5 Å². The molecule has 0 aliphatic heterocycles. The number of anilines is 1. The van der Waals surface area contributed by atoms with Crippen LogP contribution < -0.4 is 14.8 Å². The highest BCUT2D eigenvalue weighted by Gasteiger charge is 2.18. The summed E-state index contributed by atoms with van der Waals surface area (Å²) in [5, 5.41) is 11.0. The number of ether oxygens (including phenoxy) is 2. The standard InChI is InChI=1S/C19H20N4O3/c1-13-18(19(24)20-15-9-5-7-11-17(15)26-3)21-22-23(13)12-14-8-4-6-10-16(14)25-2/h4-11H,12H2,1-3H3,(H,20,24). The van der Waals surface area contributed by atoms with Gasteiger partial charge >= 0.3 is 0 Å². The quantitative estimate of drug-likeness (QED) is 0.738. The van der Waals surface area contributed by atoms with Crippen molar-refractivity contribution in [2.24, 2.45) is 0 Å². The molecule has 1 N–H and O–H groups in total. The normalized spacial score (nSPS) is 10.4. The maximum atomic E-state index is 12.6. The van der Waals surface area contributed by atoms with Crippen LogP contribution in [0.1, 0.15) is 21.7 Å². The summed E-state index contributed by atoms with van der Waals surface area (Å²) in [6.07, 6.45) is 0. The summed E-state index contributed by atoms with van der Waals surface area (Å²) in [5.74, 6) is 1.01. The van der Waals surface area contributed by atoms with Crippen LogP contribution in [0.25, 0.3) is 0 Å². The predicted octanol–water partition coefficient (Wildman–Crippen LogP) is 2.90. The molecule has 1 heterocycles. The Hall–Kier alpha value is -3.35. The average Bonchev–Trinajstić information content (AvgIpc) is 3.03. The molecule has 7 heteroatoms. The summed E-state index contributed by atoms with van der Waals surface area (Å²) in [4.78, 5) is 12.6. The van der Waals surface area contributed by atoms with Crippen molar-refractivity contribution in [2.45, 2.75) is 13.5 Å². The van der Waals surface area contributed by atoms with Crippen LogP contribution in [0.15, 0.2) is 48.5 Å². The number of hydrogen-bond donors (Lipinski definition) is 1. The second-order valence-electron chi connectivity index (χ2n) is 5.65. The number of nitrogens with zero attached hydrogens (tertiary/aromatic N) is 3. The Morgan fingerprint density at radius 2 is 1.69 bits per heavy atom. The second-order valence-corrected chi connectivity index (χ2v) is 5.65. The SMILES string of the molecule is COc1ccccc1Cn1nnc(C(=O)Nc2ccccc2OC)c1C. The lowest BCUT2D eigenvalue weighted by Crippen LogP contribution is -2.15. The first-order valence-electron chi connectivity index (χ1n) is 8.10. The molecule has 0 aliphatic carbocycles. The van der Waals surface area contributed by atoms with E-state index in [0.717, 1.165) is 11.3 Å². The van der Waals surface area contributed by atoms with E-state index in [1.165, 1.54) is 0 Å². The Bertz CT molecular complexity index is 921. The van der Waals surface area contributed by atoms with Gasteiger partial charge in [0.2, 0.25) is 0 Å². The number of hydrogen-bond acceptors (Lipinski definition) is 5. The van der Waals surface area contributed by atoms with Crippen molar-refractivity contribution in [3.63, 3.8) is 0 Å². The van der Waals surface area contributed by atoms with Gasteiger partial charge in [-0.15, -0.1) is 5.10 Å². The van der Waals surface area contributed by atoms with Crippen LogP contribution in [0.5, 0.6) is 11.5 Å².